The maximum atomic E-state index is 12.4. The van der Waals surface area contributed by atoms with Gasteiger partial charge in [0, 0.05) is 43.8 Å². The lowest BCUT2D eigenvalue weighted by Crippen LogP contribution is -2.50. The van der Waals surface area contributed by atoms with Crippen molar-refractivity contribution in [1.29, 1.82) is 0 Å². The first kappa shape index (κ1) is 17.4. The summed E-state index contributed by atoms with van der Waals surface area (Å²) in [5.74, 6) is 0.0498. The van der Waals surface area contributed by atoms with Gasteiger partial charge in [-0.3, -0.25) is 14.6 Å². The first-order valence-corrected chi connectivity index (χ1v) is 8.74. The Morgan fingerprint density at radius 3 is 2.28 bits per heavy atom. The molecular weight excluding hydrogens is 338 g/mol. The number of piperazine rings is 1. The van der Waals surface area contributed by atoms with Crippen molar-refractivity contribution in [3.05, 3.63) is 64.9 Å². The van der Waals surface area contributed by atoms with Crippen LogP contribution in [0.4, 0.5) is 0 Å². The molecule has 1 aromatic carbocycles. The molecule has 6 heteroatoms. The molecule has 1 aliphatic rings. The Morgan fingerprint density at radius 1 is 0.960 bits per heavy atom. The normalized spacial score (nSPS) is 14.4. The molecule has 0 radical (unpaired) electrons. The Hall–Kier alpha value is -2.40. The second-order valence-corrected chi connectivity index (χ2v) is 6.45. The van der Waals surface area contributed by atoms with Crippen LogP contribution in [-0.4, -0.2) is 52.8 Å². The van der Waals surface area contributed by atoms with E-state index in [1.54, 1.807) is 29.3 Å². The van der Waals surface area contributed by atoms with E-state index in [1.165, 1.54) is 0 Å². The highest BCUT2D eigenvalue weighted by Crippen LogP contribution is 2.13. The Balaban J connectivity index is 1.47. The fourth-order valence-corrected chi connectivity index (χ4v) is 3.00. The fourth-order valence-electron chi connectivity index (χ4n) is 2.87. The number of hydrogen-bond acceptors (Lipinski definition) is 3. The maximum absolute atomic E-state index is 12.4. The van der Waals surface area contributed by atoms with Gasteiger partial charge in [0.25, 0.3) is 5.91 Å². The summed E-state index contributed by atoms with van der Waals surface area (Å²) in [4.78, 5) is 32.4. The molecule has 0 saturated carbocycles. The summed E-state index contributed by atoms with van der Waals surface area (Å²) in [6, 6.07) is 12.9. The van der Waals surface area contributed by atoms with Crippen LogP contribution in [0.15, 0.2) is 48.7 Å². The van der Waals surface area contributed by atoms with Crippen LogP contribution in [-0.2, 0) is 11.2 Å². The molecular formula is C19H20ClN3O2. The second-order valence-electron chi connectivity index (χ2n) is 6.01. The van der Waals surface area contributed by atoms with Gasteiger partial charge < -0.3 is 9.80 Å². The van der Waals surface area contributed by atoms with E-state index in [0.29, 0.717) is 49.7 Å². The van der Waals surface area contributed by atoms with Crippen molar-refractivity contribution in [3.8, 4) is 0 Å². The summed E-state index contributed by atoms with van der Waals surface area (Å²) in [5.41, 5.74) is 1.55. The van der Waals surface area contributed by atoms with Crippen LogP contribution in [0.3, 0.4) is 0 Å². The molecule has 1 aliphatic heterocycles. The predicted molar refractivity (Wildman–Crippen MR) is 96.5 cm³/mol. The zero-order valence-corrected chi connectivity index (χ0v) is 14.7. The van der Waals surface area contributed by atoms with Crippen molar-refractivity contribution in [2.75, 3.05) is 26.2 Å². The van der Waals surface area contributed by atoms with Crippen LogP contribution in [0.25, 0.3) is 0 Å². The molecule has 0 unspecified atom stereocenters. The van der Waals surface area contributed by atoms with Crippen LogP contribution in [0, 0.1) is 0 Å². The van der Waals surface area contributed by atoms with E-state index in [9.17, 15) is 9.59 Å². The molecule has 1 aromatic heterocycles. The molecule has 0 N–H and O–H groups in total. The Kier molecular flexibility index (Phi) is 5.66. The highest BCUT2D eigenvalue weighted by molar-refractivity contribution is 6.30. The third kappa shape index (κ3) is 4.57. The van der Waals surface area contributed by atoms with Crippen molar-refractivity contribution in [2.24, 2.45) is 0 Å². The molecule has 0 aliphatic carbocycles. The average molecular weight is 358 g/mol. The number of halogens is 1. The summed E-state index contributed by atoms with van der Waals surface area (Å²) in [6.45, 7) is 2.22. The van der Waals surface area contributed by atoms with Gasteiger partial charge in [0.05, 0.1) is 0 Å². The summed E-state index contributed by atoms with van der Waals surface area (Å²) in [6.07, 6.45) is 2.78. The molecule has 1 fully saturated rings. The van der Waals surface area contributed by atoms with E-state index < -0.39 is 0 Å². The summed E-state index contributed by atoms with van der Waals surface area (Å²) >= 11 is 5.87. The van der Waals surface area contributed by atoms with Gasteiger partial charge in [-0.05, 0) is 36.2 Å². The summed E-state index contributed by atoms with van der Waals surface area (Å²) < 4.78 is 0. The number of carbonyl (C=O) groups excluding carboxylic acids is 2. The Bertz CT molecular complexity index is 726. The number of hydrogen-bond donors (Lipinski definition) is 0. The number of aryl methyl sites for hydroxylation is 1. The lowest BCUT2D eigenvalue weighted by Gasteiger charge is -2.34. The SMILES string of the molecule is O=C(CCc1ccc(Cl)cc1)N1CCN(C(=O)c2ccccn2)CC1. The van der Waals surface area contributed by atoms with Crippen LogP contribution in [0.1, 0.15) is 22.5 Å². The van der Waals surface area contributed by atoms with Gasteiger partial charge in [0.15, 0.2) is 0 Å². The lowest BCUT2D eigenvalue weighted by molar-refractivity contribution is -0.132. The molecule has 3 rings (SSSR count). The number of rotatable bonds is 4. The van der Waals surface area contributed by atoms with Crippen LogP contribution >= 0.6 is 11.6 Å². The number of pyridine rings is 1. The van der Waals surface area contributed by atoms with E-state index >= 15 is 0 Å². The fraction of sp³-hybridized carbons (Fsp3) is 0.316. The number of aromatic nitrogens is 1. The average Bonchev–Trinajstić information content (AvgIpc) is 2.67. The number of amides is 2. The minimum Gasteiger partial charge on any atom is -0.339 e. The molecule has 5 nitrogen and oxygen atoms in total. The van der Waals surface area contributed by atoms with Crippen molar-refractivity contribution in [2.45, 2.75) is 12.8 Å². The molecule has 1 saturated heterocycles. The first-order valence-electron chi connectivity index (χ1n) is 8.36. The molecule has 2 heterocycles. The molecule has 0 bridgehead atoms. The van der Waals surface area contributed by atoms with Gasteiger partial charge >= 0.3 is 0 Å². The van der Waals surface area contributed by atoms with E-state index in [2.05, 4.69) is 4.98 Å². The predicted octanol–water partition coefficient (Wildman–Crippen LogP) is 2.65. The van der Waals surface area contributed by atoms with Gasteiger partial charge in [-0.1, -0.05) is 29.8 Å². The largest absolute Gasteiger partial charge is 0.339 e. The van der Waals surface area contributed by atoms with Crippen molar-refractivity contribution in [3.63, 3.8) is 0 Å². The van der Waals surface area contributed by atoms with Gasteiger partial charge in [-0.2, -0.15) is 0 Å². The van der Waals surface area contributed by atoms with Crippen LogP contribution < -0.4 is 0 Å². The summed E-state index contributed by atoms with van der Waals surface area (Å²) in [7, 11) is 0. The zero-order chi connectivity index (χ0) is 17.6. The number of nitrogens with zero attached hydrogens (tertiary/aromatic N) is 3. The van der Waals surface area contributed by atoms with Crippen LogP contribution in [0.2, 0.25) is 5.02 Å². The second kappa shape index (κ2) is 8.12. The Morgan fingerprint density at radius 2 is 1.64 bits per heavy atom. The standard InChI is InChI=1S/C19H20ClN3O2/c20-16-7-4-15(5-8-16)6-9-18(24)22-11-13-23(14-12-22)19(25)17-3-1-2-10-21-17/h1-5,7-8,10H,6,9,11-14H2. The third-order valence-corrected chi connectivity index (χ3v) is 4.60. The van der Waals surface area contributed by atoms with Crippen LogP contribution in [0.5, 0.6) is 0 Å². The van der Waals surface area contributed by atoms with Gasteiger partial charge in [-0.25, -0.2) is 0 Å². The Labute approximate surface area is 152 Å². The molecule has 2 amide bonds. The quantitative estimate of drug-likeness (QED) is 0.845. The number of carbonyl (C=O) groups is 2. The molecule has 0 atom stereocenters. The third-order valence-electron chi connectivity index (χ3n) is 4.34. The summed E-state index contributed by atoms with van der Waals surface area (Å²) in [5, 5.41) is 0.698. The van der Waals surface area contributed by atoms with Crippen molar-refractivity contribution < 1.29 is 9.59 Å². The minimum atomic E-state index is -0.0751. The van der Waals surface area contributed by atoms with Gasteiger partial charge in [-0.15, -0.1) is 0 Å². The smallest absolute Gasteiger partial charge is 0.272 e. The van der Waals surface area contributed by atoms with E-state index in [1.807, 2.05) is 29.2 Å². The van der Waals surface area contributed by atoms with Crippen molar-refractivity contribution in [1.82, 2.24) is 14.8 Å². The zero-order valence-electron chi connectivity index (χ0n) is 13.9. The maximum Gasteiger partial charge on any atom is 0.272 e. The van der Waals surface area contributed by atoms with Gasteiger partial charge in [0.2, 0.25) is 5.91 Å². The first-order chi connectivity index (χ1) is 12.1. The van der Waals surface area contributed by atoms with E-state index in [4.69, 9.17) is 11.6 Å². The molecule has 130 valence electrons. The highest BCUT2D eigenvalue weighted by atomic mass is 35.5. The molecule has 0 spiro atoms. The monoisotopic (exact) mass is 357 g/mol. The molecule has 2 aromatic rings. The van der Waals surface area contributed by atoms with E-state index in [0.717, 1.165) is 5.56 Å². The van der Waals surface area contributed by atoms with E-state index in [-0.39, 0.29) is 11.8 Å². The highest BCUT2D eigenvalue weighted by Gasteiger charge is 2.25. The topological polar surface area (TPSA) is 53.5 Å². The lowest BCUT2D eigenvalue weighted by atomic mass is 10.1. The van der Waals surface area contributed by atoms with Gasteiger partial charge in [0.1, 0.15) is 5.69 Å². The number of benzene rings is 1. The van der Waals surface area contributed by atoms with Crippen molar-refractivity contribution >= 4 is 23.4 Å². The molecule has 25 heavy (non-hydrogen) atoms. The minimum absolute atomic E-state index is 0.0751.